The van der Waals surface area contributed by atoms with Crippen LogP contribution in [0.25, 0.3) is 0 Å². The average molecular weight is 370 g/mol. The van der Waals surface area contributed by atoms with Gasteiger partial charge in [0.1, 0.15) is 0 Å². The molecule has 0 spiro atoms. The highest BCUT2D eigenvalue weighted by Gasteiger charge is 2.39. The molecule has 146 valence electrons. The minimum absolute atomic E-state index is 0.0122. The van der Waals surface area contributed by atoms with E-state index >= 15 is 0 Å². The third-order valence-electron chi connectivity index (χ3n) is 5.49. The molecule has 0 saturated carbocycles. The molecule has 27 heavy (non-hydrogen) atoms. The molecular weight excluding hydrogens is 340 g/mol. The summed E-state index contributed by atoms with van der Waals surface area (Å²) in [6.45, 7) is 2.89. The molecule has 2 atom stereocenters. The zero-order valence-corrected chi connectivity index (χ0v) is 16.6. The Bertz CT molecular complexity index is 726. The van der Waals surface area contributed by atoms with Crippen LogP contribution in [-0.4, -0.2) is 37.4 Å². The predicted octanol–water partition coefficient (Wildman–Crippen LogP) is 4.41. The third-order valence-corrected chi connectivity index (χ3v) is 5.49. The number of carbonyl (C=O) groups is 1. The summed E-state index contributed by atoms with van der Waals surface area (Å²) in [5.74, 6) is 1.68. The van der Waals surface area contributed by atoms with Gasteiger partial charge in [0.25, 0.3) is 0 Å². The minimum atomic E-state index is -0.0122. The lowest BCUT2D eigenvalue weighted by atomic mass is 9.76. The fourth-order valence-electron chi connectivity index (χ4n) is 3.95. The van der Waals surface area contributed by atoms with Gasteiger partial charge in [0.2, 0.25) is 5.91 Å². The molecule has 0 aromatic heterocycles. The summed E-state index contributed by atoms with van der Waals surface area (Å²) in [5.41, 5.74) is 1.99. The monoisotopic (exact) mass is 370 g/mol. The Morgan fingerprint density at radius 2 is 1.78 bits per heavy atom. The molecule has 1 aliphatic carbocycles. The number of methoxy groups -OCH3 is 2. The van der Waals surface area contributed by atoms with E-state index in [1.807, 2.05) is 18.2 Å². The number of fused-ring (bicyclic) bond motifs is 1. The molecule has 1 aromatic rings. The first-order valence-corrected chi connectivity index (χ1v) is 9.96. The topological polar surface area (TPSA) is 51.1 Å². The smallest absolute Gasteiger partial charge is 0.246 e. The van der Waals surface area contributed by atoms with Gasteiger partial charge in [-0.25, -0.2) is 5.01 Å². The first kappa shape index (κ1) is 19.5. The standard InChI is InChI=1S/C22H30N2O3/c1-4-5-6-9-14-24-22(25)18-11-8-7-10-17(18)21(23-24)16-12-13-19(26-2)20(15-16)27-3/h7-8,12-13,15,17-18H,4-6,9-11,14H2,1-3H3/t17-,18+/m1/s1. The number of hydrogen-bond acceptors (Lipinski definition) is 4. The van der Waals surface area contributed by atoms with E-state index in [9.17, 15) is 4.79 Å². The van der Waals surface area contributed by atoms with Gasteiger partial charge < -0.3 is 9.47 Å². The number of benzene rings is 1. The van der Waals surface area contributed by atoms with Gasteiger partial charge >= 0.3 is 0 Å². The fourth-order valence-corrected chi connectivity index (χ4v) is 3.95. The minimum Gasteiger partial charge on any atom is -0.493 e. The summed E-state index contributed by atoms with van der Waals surface area (Å²) in [4.78, 5) is 13.0. The van der Waals surface area contributed by atoms with Crippen molar-refractivity contribution in [2.75, 3.05) is 20.8 Å². The van der Waals surface area contributed by atoms with E-state index in [0.717, 1.165) is 37.0 Å². The third kappa shape index (κ3) is 4.18. The molecule has 2 aliphatic rings. The van der Waals surface area contributed by atoms with Crippen LogP contribution >= 0.6 is 0 Å². The van der Waals surface area contributed by atoms with Crippen LogP contribution in [0.3, 0.4) is 0 Å². The van der Waals surface area contributed by atoms with Crippen molar-refractivity contribution in [3.8, 4) is 11.5 Å². The molecule has 5 heteroatoms. The number of rotatable bonds is 8. The quantitative estimate of drug-likeness (QED) is 0.503. The van der Waals surface area contributed by atoms with E-state index < -0.39 is 0 Å². The van der Waals surface area contributed by atoms with Crippen molar-refractivity contribution in [2.45, 2.75) is 45.4 Å². The van der Waals surface area contributed by atoms with E-state index in [1.165, 1.54) is 12.8 Å². The van der Waals surface area contributed by atoms with Crippen molar-refractivity contribution in [3.05, 3.63) is 35.9 Å². The first-order chi connectivity index (χ1) is 13.2. The maximum absolute atomic E-state index is 13.0. The van der Waals surface area contributed by atoms with Crippen molar-refractivity contribution in [3.63, 3.8) is 0 Å². The largest absolute Gasteiger partial charge is 0.493 e. The molecular formula is C22H30N2O3. The Kier molecular flexibility index (Phi) is 6.54. The highest BCUT2D eigenvalue weighted by molar-refractivity contribution is 6.07. The van der Waals surface area contributed by atoms with Crippen molar-refractivity contribution < 1.29 is 14.3 Å². The van der Waals surface area contributed by atoms with Crippen LogP contribution < -0.4 is 9.47 Å². The number of amides is 1. The summed E-state index contributed by atoms with van der Waals surface area (Å²) >= 11 is 0. The molecule has 0 unspecified atom stereocenters. The molecule has 0 bridgehead atoms. The molecule has 0 saturated heterocycles. The van der Waals surface area contributed by atoms with Crippen LogP contribution in [0, 0.1) is 11.8 Å². The second-order valence-electron chi connectivity index (χ2n) is 7.23. The van der Waals surface area contributed by atoms with Gasteiger partial charge in [0.05, 0.1) is 25.8 Å². The molecule has 0 N–H and O–H groups in total. The molecule has 1 aromatic carbocycles. The van der Waals surface area contributed by atoms with E-state index in [0.29, 0.717) is 18.0 Å². The van der Waals surface area contributed by atoms with Crippen molar-refractivity contribution in [1.82, 2.24) is 5.01 Å². The lowest BCUT2D eigenvalue weighted by molar-refractivity contribution is -0.137. The zero-order valence-electron chi connectivity index (χ0n) is 16.6. The van der Waals surface area contributed by atoms with E-state index in [1.54, 1.807) is 19.2 Å². The molecule has 5 nitrogen and oxygen atoms in total. The highest BCUT2D eigenvalue weighted by Crippen LogP contribution is 2.37. The van der Waals surface area contributed by atoms with Gasteiger partial charge in [-0.2, -0.15) is 5.10 Å². The second-order valence-corrected chi connectivity index (χ2v) is 7.23. The molecule has 0 radical (unpaired) electrons. The number of hydrazone groups is 1. The summed E-state index contributed by atoms with van der Waals surface area (Å²) < 4.78 is 10.8. The van der Waals surface area contributed by atoms with E-state index in [4.69, 9.17) is 14.6 Å². The SMILES string of the molecule is CCCCCCN1N=C(c2ccc(OC)c(OC)c2)[C@@H]2CC=CC[C@@H]2C1=O. The Balaban J connectivity index is 1.91. The summed E-state index contributed by atoms with van der Waals surface area (Å²) in [6, 6.07) is 5.89. The summed E-state index contributed by atoms with van der Waals surface area (Å²) in [6.07, 6.45) is 10.5. The van der Waals surface area contributed by atoms with Gasteiger partial charge in [-0.15, -0.1) is 0 Å². The zero-order chi connectivity index (χ0) is 19.2. The first-order valence-electron chi connectivity index (χ1n) is 9.96. The van der Waals surface area contributed by atoms with Crippen LogP contribution in [-0.2, 0) is 4.79 Å². The van der Waals surface area contributed by atoms with Gasteiger partial charge in [0, 0.05) is 18.0 Å². The molecule has 1 aliphatic heterocycles. The van der Waals surface area contributed by atoms with Crippen molar-refractivity contribution >= 4 is 11.6 Å². The van der Waals surface area contributed by atoms with Crippen LogP contribution in [0.5, 0.6) is 11.5 Å². The number of hydrogen-bond donors (Lipinski definition) is 0. The van der Waals surface area contributed by atoms with E-state index in [-0.39, 0.29) is 17.7 Å². The molecule has 3 rings (SSSR count). The van der Waals surface area contributed by atoms with Crippen molar-refractivity contribution in [2.24, 2.45) is 16.9 Å². The van der Waals surface area contributed by atoms with Crippen LogP contribution in [0.1, 0.15) is 51.0 Å². The van der Waals surface area contributed by atoms with Crippen LogP contribution in [0.2, 0.25) is 0 Å². The lowest BCUT2D eigenvalue weighted by Gasteiger charge is -2.37. The summed E-state index contributed by atoms with van der Waals surface area (Å²) in [5, 5.41) is 6.53. The Labute approximate surface area is 162 Å². The van der Waals surface area contributed by atoms with Crippen LogP contribution in [0.15, 0.2) is 35.5 Å². The van der Waals surface area contributed by atoms with Crippen LogP contribution in [0.4, 0.5) is 0 Å². The maximum atomic E-state index is 13.0. The number of nitrogens with zero attached hydrogens (tertiary/aromatic N) is 2. The average Bonchev–Trinajstić information content (AvgIpc) is 2.72. The second kappa shape index (κ2) is 9.07. The van der Waals surface area contributed by atoms with Gasteiger partial charge in [-0.1, -0.05) is 38.3 Å². The molecule has 1 heterocycles. The summed E-state index contributed by atoms with van der Waals surface area (Å²) in [7, 11) is 3.27. The van der Waals surface area contributed by atoms with Crippen molar-refractivity contribution in [1.29, 1.82) is 0 Å². The molecule has 0 fully saturated rings. The number of allylic oxidation sites excluding steroid dienone is 2. The molecule has 1 amide bonds. The van der Waals surface area contributed by atoms with E-state index in [2.05, 4.69) is 19.1 Å². The fraction of sp³-hybridized carbons (Fsp3) is 0.545. The highest BCUT2D eigenvalue weighted by atomic mass is 16.5. The normalized spacial score (nSPS) is 21.7. The van der Waals surface area contributed by atoms with Gasteiger partial charge in [-0.3, -0.25) is 4.79 Å². The van der Waals surface area contributed by atoms with Gasteiger partial charge in [-0.05, 0) is 37.5 Å². The number of ether oxygens (including phenoxy) is 2. The number of carbonyl (C=O) groups excluding carboxylic acids is 1. The predicted molar refractivity (Wildman–Crippen MR) is 107 cm³/mol. The lowest BCUT2D eigenvalue weighted by Crippen LogP contribution is -2.45. The Morgan fingerprint density at radius 3 is 2.48 bits per heavy atom. The maximum Gasteiger partial charge on any atom is 0.246 e. The Morgan fingerprint density at radius 1 is 1.04 bits per heavy atom. The van der Waals surface area contributed by atoms with Gasteiger partial charge in [0.15, 0.2) is 11.5 Å². The number of unbranched alkanes of at least 4 members (excludes halogenated alkanes) is 3. The Hall–Kier alpha value is -2.30.